The van der Waals surface area contributed by atoms with Crippen LogP contribution in [0.2, 0.25) is 0 Å². The Morgan fingerprint density at radius 3 is 2.27 bits per heavy atom. The summed E-state index contributed by atoms with van der Waals surface area (Å²) < 4.78 is 13.3. The molecule has 168 valence electrons. The highest BCUT2D eigenvalue weighted by molar-refractivity contribution is 6.03. The van der Waals surface area contributed by atoms with Crippen LogP contribution in [0.3, 0.4) is 0 Å². The Kier molecular flexibility index (Phi) is 7.98. The predicted molar refractivity (Wildman–Crippen MR) is 128 cm³/mol. The minimum absolute atomic E-state index is 0.291. The maximum Gasteiger partial charge on any atom is 0.212 e. The topological polar surface area (TPSA) is 125 Å². The fraction of sp³-hybridized carbons (Fsp3) is 0.0833. The van der Waals surface area contributed by atoms with Crippen molar-refractivity contribution in [3.05, 3.63) is 85.0 Å². The number of anilines is 1. The molecule has 8 nitrogen and oxygen atoms in total. The van der Waals surface area contributed by atoms with E-state index in [4.69, 9.17) is 0 Å². The fourth-order valence-electron chi connectivity index (χ4n) is 3.19. The maximum absolute atomic E-state index is 13.3. The van der Waals surface area contributed by atoms with E-state index in [1.807, 2.05) is 25.1 Å². The summed E-state index contributed by atoms with van der Waals surface area (Å²) in [6, 6.07) is 13.7. The number of hydrogen-bond acceptors (Lipinski definition) is 5. The first-order chi connectivity index (χ1) is 16.2. The van der Waals surface area contributed by atoms with Crippen LogP contribution in [0, 0.1) is 12.7 Å². The third kappa shape index (κ3) is 5.66. The number of carbonyl (C=O) groups excluding carboxylic acids is 1. The van der Waals surface area contributed by atoms with Crippen LogP contribution < -0.4 is 11.1 Å². The van der Waals surface area contributed by atoms with E-state index in [0.717, 1.165) is 33.5 Å². The first kappa shape index (κ1) is 23.3. The number of carbonyl (C=O) groups is 1. The van der Waals surface area contributed by atoms with Gasteiger partial charge in [-0.05, 0) is 73.6 Å². The normalized spacial score (nSPS) is 9.94. The van der Waals surface area contributed by atoms with E-state index < -0.39 is 0 Å². The summed E-state index contributed by atoms with van der Waals surface area (Å²) in [5.41, 5.74) is 9.84. The fourth-order valence-corrected chi connectivity index (χ4v) is 3.19. The van der Waals surface area contributed by atoms with Gasteiger partial charge in [-0.1, -0.05) is 0 Å². The first-order valence-corrected chi connectivity index (χ1v) is 10.1. The maximum atomic E-state index is 13.3. The third-order valence-electron chi connectivity index (χ3n) is 4.60. The molecule has 0 aliphatic heterocycles. The average Bonchev–Trinajstić information content (AvgIpc) is 3.48. The standard InChI is InChI=1S/C19H13FN4O.C4H6N2.CH5N/c20-14-3-1-13(2-4-14)18-17(12-7-9-21-10-8-12)15-5-6-16(22-11-25)23-19(15)24-18;1-4-2-5-3-6-4;1-2/h1-11H,(H2,22,23,24,25);2-3H,1H3,(H,5,6);2H2,1H3. The first-order valence-electron chi connectivity index (χ1n) is 10.1. The van der Waals surface area contributed by atoms with Crippen molar-refractivity contribution in [1.29, 1.82) is 0 Å². The van der Waals surface area contributed by atoms with Gasteiger partial charge in [0.25, 0.3) is 0 Å². The van der Waals surface area contributed by atoms with Gasteiger partial charge in [0.2, 0.25) is 6.41 Å². The zero-order chi connectivity index (χ0) is 23.6. The molecule has 0 bridgehead atoms. The molecule has 1 amide bonds. The molecule has 0 aliphatic carbocycles. The van der Waals surface area contributed by atoms with Crippen LogP contribution in [0.5, 0.6) is 0 Å². The molecule has 5 rings (SSSR count). The molecular weight excluding hydrogens is 421 g/mol. The highest BCUT2D eigenvalue weighted by Crippen LogP contribution is 2.37. The highest BCUT2D eigenvalue weighted by Gasteiger charge is 2.16. The van der Waals surface area contributed by atoms with Crippen molar-refractivity contribution in [2.45, 2.75) is 6.92 Å². The summed E-state index contributed by atoms with van der Waals surface area (Å²) in [4.78, 5) is 29.1. The van der Waals surface area contributed by atoms with E-state index in [9.17, 15) is 9.18 Å². The third-order valence-corrected chi connectivity index (χ3v) is 4.60. The minimum Gasteiger partial charge on any atom is -0.349 e. The summed E-state index contributed by atoms with van der Waals surface area (Å²) in [6.07, 6.45) is 7.47. The Bertz CT molecular complexity index is 1280. The predicted octanol–water partition coefficient (Wildman–Crippen LogP) is 4.29. The highest BCUT2D eigenvalue weighted by atomic mass is 19.1. The van der Waals surface area contributed by atoms with Crippen molar-refractivity contribution < 1.29 is 9.18 Å². The van der Waals surface area contributed by atoms with Gasteiger partial charge in [0.15, 0.2) is 0 Å². The number of amides is 1. The monoisotopic (exact) mass is 445 g/mol. The second-order valence-electron chi connectivity index (χ2n) is 6.71. The average molecular weight is 446 g/mol. The molecule has 0 atom stereocenters. The quantitative estimate of drug-likeness (QED) is 0.307. The Hall–Kier alpha value is -4.37. The Balaban J connectivity index is 0.000000329. The van der Waals surface area contributed by atoms with Crippen LogP contribution in [0.25, 0.3) is 33.4 Å². The number of fused-ring (bicyclic) bond motifs is 1. The second kappa shape index (κ2) is 11.3. The van der Waals surface area contributed by atoms with Crippen LogP contribution in [-0.2, 0) is 4.79 Å². The summed E-state index contributed by atoms with van der Waals surface area (Å²) in [7, 11) is 1.50. The molecule has 0 fully saturated rings. The molecule has 0 radical (unpaired) electrons. The van der Waals surface area contributed by atoms with E-state index >= 15 is 0 Å². The number of imidazole rings is 1. The molecule has 5 N–H and O–H groups in total. The number of aryl methyl sites for hydroxylation is 1. The number of nitrogens with zero attached hydrogens (tertiary/aromatic N) is 3. The minimum atomic E-state index is -0.291. The number of H-pyrrole nitrogens is 2. The van der Waals surface area contributed by atoms with E-state index in [1.165, 1.54) is 19.2 Å². The molecule has 33 heavy (non-hydrogen) atoms. The van der Waals surface area contributed by atoms with Gasteiger partial charge in [-0.3, -0.25) is 9.78 Å². The zero-order valence-electron chi connectivity index (χ0n) is 18.2. The number of hydrogen-bond donors (Lipinski definition) is 4. The zero-order valence-corrected chi connectivity index (χ0v) is 18.2. The smallest absolute Gasteiger partial charge is 0.212 e. The lowest BCUT2D eigenvalue weighted by Crippen LogP contribution is -1.96. The van der Waals surface area contributed by atoms with Gasteiger partial charge in [0, 0.05) is 35.2 Å². The van der Waals surface area contributed by atoms with Crippen molar-refractivity contribution in [1.82, 2.24) is 24.9 Å². The SMILES string of the molecule is CN.Cc1cnc[nH]1.O=CNc1ccc2c(-c3ccncc3)c(-c3ccc(F)cc3)[nH]c2n1. The second-order valence-corrected chi connectivity index (χ2v) is 6.71. The van der Waals surface area contributed by atoms with Crippen molar-refractivity contribution in [3.63, 3.8) is 0 Å². The van der Waals surface area contributed by atoms with Gasteiger partial charge < -0.3 is 21.0 Å². The lowest BCUT2D eigenvalue weighted by molar-refractivity contribution is -0.105. The molecule has 9 heteroatoms. The molecule has 0 saturated heterocycles. The summed E-state index contributed by atoms with van der Waals surface area (Å²) in [6.45, 7) is 1.97. The largest absolute Gasteiger partial charge is 0.349 e. The number of nitrogens with two attached hydrogens (primary N) is 1. The van der Waals surface area contributed by atoms with Crippen molar-refractivity contribution in [2.24, 2.45) is 5.73 Å². The number of pyridine rings is 2. The number of halogens is 1. The van der Waals surface area contributed by atoms with Gasteiger partial charge in [-0.25, -0.2) is 14.4 Å². The molecule has 0 unspecified atom stereocenters. The molecule has 4 aromatic heterocycles. The molecular formula is C24H24FN7O. The van der Waals surface area contributed by atoms with Crippen LogP contribution in [0.15, 0.2) is 73.4 Å². The molecule has 0 aliphatic rings. The van der Waals surface area contributed by atoms with Gasteiger partial charge in [-0.2, -0.15) is 0 Å². The van der Waals surface area contributed by atoms with Gasteiger partial charge >= 0.3 is 0 Å². The Morgan fingerprint density at radius 1 is 0.970 bits per heavy atom. The number of rotatable bonds is 4. The van der Waals surface area contributed by atoms with Crippen molar-refractivity contribution >= 4 is 23.3 Å². The Morgan fingerprint density at radius 2 is 1.70 bits per heavy atom. The van der Waals surface area contributed by atoms with E-state index in [2.05, 4.69) is 36.0 Å². The number of benzene rings is 1. The van der Waals surface area contributed by atoms with Crippen LogP contribution >= 0.6 is 0 Å². The number of nitrogens with one attached hydrogen (secondary N) is 3. The van der Waals surface area contributed by atoms with Gasteiger partial charge in [0.1, 0.15) is 17.3 Å². The molecule has 0 spiro atoms. The Labute approximate surface area is 190 Å². The molecule has 0 saturated carbocycles. The van der Waals surface area contributed by atoms with E-state index in [0.29, 0.717) is 17.9 Å². The lowest BCUT2D eigenvalue weighted by Gasteiger charge is -2.05. The van der Waals surface area contributed by atoms with Gasteiger partial charge in [-0.15, -0.1) is 0 Å². The molecule has 1 aromatic carbocycles. The van der Waals surface area contributed by atoms with Crippen LogP contribution in [0.1, 0.15) is 5.69 Å². The van der Waals surface area contributed by atoms with E-state index in [-0.39, 0.29) is 5.82 Å². The summed E-state index contributed by atoms with van der Waals surface area (Å²) in [5.74, 6) is 0.164. The van der Waals surface area contributed by atoms with E-state index in [1.54, 1.807) is 43.1 Å². The number of aromatic amines is 2. The number of aromatic nitrogens is 5. The van der Waals surface area contributed by atoms with Gasteiger partial charge in [0.05, 0.1) is 12.0 Å². The molecule has 5 aromatic rings. The van der Waals surface area contributed by atoms with Crippen LogP contribution in [-0.4, -0.2) is 38.4 Å². The summed E-state index contributed by atoms with van der Waals surface area (Å²) >= 11 is 0. The molecule has 4 heterocycles. The van der Waals surface area contributed by atoms with Crippen molar-refractivity contribution in [2.75, 3.05) is 12.4 Å². The lowest BCUT2D eigenvalue weighted by atomic mass is 10.00. The summed E-state index contributed by atoms with van der Waals surface area (Å²) in [5, 5.41) is 3.45. The van der Waals surface area contributed by atoms with Crippen molar-refractivity contribution in [3.8, 4) is 22.4 Å². The van der Waals surface area contributed by atoms with Crippen LogP contribution in [0.4, 0.5) is 10.2 Å².